The lowest BCUT2D eigenvalue weighted by Crippen LogP contribution is -2.12. The molecule has 0 heterocycles. The van der Waals surface area contributed by atoms with E-state index in [-0.39, 0.29) is 12.4 Å². The summed E-state index contributed by atoms with van der Waals surface area (Å²) in [4.78, 5) is 0. The number of nitrogens with one attached hydrogen (secondary N) is 1. The van der Waals surface area contributed by atoms with E-state index in [0.717, 1.165) is 30.2 Å². The molecule has 0 aliphatic heterocycles. The van der Waals surface area contributed by atoms with Crippen LogP contribution in [-0.2, 0) is 19.7 Å². The van der Waals surface area contributed by atoms with E-state index in [2.05, 4.69) is 5.32 Å². The Bertz CT molecular complexity index is 834. The Morgan fingerprint density at radius 1 is 0.808 bits per heavy atom. The number of rotatable bonds is 8. The first-order valence-corrected chi connectivity index (χ1v) is 8.53. The third kappa shape index (κ3) is 5.07. The van der Waals surface area contributed by atoms with Crippen molar-refractivity contribution in [1.82, 2.24) is 5.32 Å². The summed E-state index contributed by atoms with van der Waals surface area (Å²) in [6, 6.07) is 22.5. The van der Waals surface area contributed by atoms with Gasteiger partial charge in [-0.2, -0.15) is 0 Å². The second kappa shape index (κ2) is 9.02. The van der Waals surface area contributed by atoms with E-state index in [1.165, 1.54) is 11.6 Å². The molecule has 0 saturated heterocycles. The Balaban J connectivity index is 1.51. The van der Waals surface area contributed by atoms with Crippen LogP contribution in [0.25, 0.3) is 0 Å². The van der Waals surface area contributed by atoms with Crippen LogP contribution in [-0.4, -0.2) is 7.11 Å². The minimum atomic E-state index is -0.246. The summed E-state index contributed by atoms with van der Waals surface area (Å²) >= 11 is 0. The number of ether oxygens (including phenoxy) is 2. The highest BCUT2D eigenvalue weighted by Gasteiger charge is 2.03. The standard InChI is InChI=1S/C22H22FNO2/c1-25-20-11-9-17(10-12-20)14-24-15-18-5-4-7-21(13-18)26-16-19-6-2-3-8-22(19)23/h2-13,24H,14-16H2,1H3. The quantitative estimate of drug-likeness (QED) is 0.638. The smallest absolute Gasteiger partial charge is 0.129 e. The first-order valence-electron chi connectivity index (χ1n) is 8.53. The van der Waals surface area contributed by atoms with Crippen LogP contribution in [0.4, 0.5) is 4.39 Å². The van der Waals surface area contributed by atoms with Gasteiger partial charge in [0.25, 0.3) is 0 Å². The summed E-state index contributed by atoms with van der Waals surface area (Å²) in [5.41, 5.74) is 2.86. The Morgan fingerprint density at radius 2 is 1.58 bits per heavy atom. The van der Waals surface area contributed by atoms with Crippen molar-refractivity contribution in [2.24, 2.45) is 0 Å². The molecule has 0 amide bonds. The third-order valence-corrected chi connectivity index (χ3v) is 4.07. The number of halogens is 1. The van der Waals surface area contributed by atoms with Gasteiger partial charge in [0.2, 0.25) is 0 Å². The largest absolute Gasteiger partial charge is 0.497 e. The highest BCUT2D eigenvalue weighted by molar-refractivity contribution is 5.30. The number of hydrogen-bond donors (Lipinski definition) is 1. The molecule has 3 aromatic carbocycles. The topological polar surface area (TPSA) is 30.5 Å². The van der Waals surface area contributed by atoms with Crippen LogP contribution in [0, 0.1) is 5.82 Å². The zero-order valence-corrected chi connectivity index (χ0v) is 14.7. The highest BCUT2D eigenvalue weighted by atomic mass is 19.1. The molecule has 3 rings (SSSR count). The molecule has 0 unspecified atom stereocenters. The first-order chi connectivity index (χ1) is 12.7. The predicted octanol–water partition coefficient (Wildman–Crippen LogP) is 4.70. The van der Waals surface area contributed by atoms with Crippen molar-refractivity contribution in [1.29, 1.82) is 0 Å². The fourth-order valence-corrected chi connectivity index (χ4v) is 2.62. The average Bonchev–Trinajstić information content (AvgIpc) is 2.68. The summed E-state index contributed by atoms with van der Waals surface area (Å²) in [6.45, 7) is 1.71. The molecule has 4 heteroatoms. The summed E-state index contributed by atoms with van der Waals surface area (Å²) < 4.78 is 24.5. The van der Waals surface area contributed by atoms with Crippen LogP contribution in [0.3, 0.4) is 0 Å². The van der Waals surface area contributed by atoms with Gasteiger partial charge in [0.15, 0.2) is 0 Å². The molecule has 0 aliphatic rings. The summed E-state index contributed by atoms with van der Waals surface area (Å²) in [6.07, 6.45) is 0. The zero-order chi connectivity index (χ0) is 18.2. The van der Waals surface area contributed by atoms with E-state index in [4.69, 9.17) is 9.47 Å². The fraction of sp³-hybridized carbons (Fsp3) is 0.182. The molecule has 0 aliphatic carbocycles. The van der Waals surface area contributed by atoms with E-state index in [1.54, 1.807) is 25.3 Å². The maximum atomic E-state index is 13.6. The lowest BCUT2D eigenvalue weighted by molar-refractivity contribution is 0.299. The van der Waals surface area contributed by atoms with Gasteiger partial charge in [0.1, 0.15) is 23.9 Å². The molecular weight excluding hydrogens is 329 g/mol. The van der Waals surface area contributed by atoms with Crippen molar-refractivity contribution in [2.45, 2.75) is 19.7 Å². The van der Waals surface area contributed by atoms with Crippen molar-refractivity contribution in [3.05, 3.63) is 95.3 Å². The minimum absolute atomic E-state index is 0.218. The molecule has 0 atom stereocenters. The molecular formula is C22H22FNO2. The van der Waals surface area contributed by atoms with E-state index in [9.17, 15) is 4.39 Å². The molecule has 3 aromatic rings. The molecule has 3 nitrogen and oxygen atoms in total. The van der Waals surface area contributed by atoms with Gasteiger partial charge in [-0.1, -0.05) is 42.5 Å². The Kier molecular flexibility index (Phi) is 6.23. The first kappa shape index (κ1) is 18.0. The number of benzene rings is 3. The zero-order valence-electron chi connectivity index (χ0n) is 14.7. The van der Waals surface area contributed by atoms with Gasteiger partial charge in [-0.3, -0.25) is 0 Å². The van der Waals surface area contributed by atoms with E-state index in [0.29, 0.717) is 5.56 Å². The summed E-state index contributed by atoms with van der Waals surface area (Å²) in [7, 11) is 1.66. The number of methoxy groups -OCH3 is 1. The van der Waals surface area contributed by atoms with Gasteiger partial charge < -0.3 is 14.8 Å². The number of hydrogen-bond acceptors (Lipinski definition) is 3. The van der Waals surface area contributed by atoms with Crippen molar-refractivity contribution in [3.63, 3.8) is 0 Å². The van der Waals surface area contributed by atoms with Gasteiger partial charge in [-0.05, 0) is 41.5 Å². The summed E-state index contributed by atoms with van der Waals surface area (Å²) in [5.74, 6) is 1.34. The molecule has 0 saturated carbocycles. The highest BCUT2D eigenvalue weighted by Crippen LogP contribution is 2.17. The van der Waals surface area contributed by atoms with E-state index < -0.39 is 0 Å². The SMILES string of the molecule is COc1ccc(CNCc2cccc(OCc3ccccc3F)c2)cc1. The van der Waals surface area contributed by atoms with Gasteiger partial charge in [-0.15, -0.1) is 0 Å². The third-order valence-electron chi connectivity index (χ3n) is 4.07. The molecule has 1 N–H and O–H groups in total. The maximum Gasteiger partial charge on any atom is 0.129 e. The molecule has 0 bridgehead atoms. The van der Waals surface area contributed by atoms with Gasteiger partial charge in [0, 0.05) is 18.7 Å². The lowest BCUT2D eigenvalue weighted by atomic mass is 10.2. The van der Waals surface area contributed by atoms with Crippen LogP contribution in [0.15, 0.2) is 72.8 Å². The van der Waals surface area contributed by atoms with Crippen molar-refractivity contribution in [3.8, 4) is 11.5 Å². The average molecular weight is 351 g/mol. The van der Waals surface area contributed by atoms with E-state index in [1.807, 2.05) is 48.5 Å². The minimum Gasteiger partial charge on any atom is -0.497 e. The normalized spacial score (nSPS) is 10.5. The van der Waals surface area contributed by atoms with Gasteiger partial charge in [-0.25, -0.2) is 4.39 Å². The predicted molar refractivity (Wildman–Crippen MR) is 101 cm³/mol. The molecule has 0 aromatic heterocycles. The molecule has 0 radical (unpaired) electrons. The van der Waals surface area contributed by atoms with Crippen LogP contribution in [0.2, 0.25) is 0 Å². The van der Waals surface area contributed by atoms with Gasteiger partial charge in [0.05, 0.1) is 7.11 Å². The molecule has 0 spiro atoms. The fourth-order valence-electron chi connectivity index (χ4n) is 2.62. The van der Waals surface area contributed by atoms with Crippen molar-refractivity contribution < 1.29 is 13.9 Å². The van der Waals surface area contributed by atoms with Crippen LogP contribution >= 0.6 is 0 Å². The van der Waals surface area contributed by atoms with E-state index >= 15 is 0 Å². The van der Waals surface area contributed by atoms with Gasteiger partial charge >= 0.3 is 0 Å². The second-order valence-electron chi connectivity index (χ2n) is 5.98. The second-order valence-corrected chi connectivity index (χ2v) is 5.98. The Hall–Kier alpha value is -2.85. The Morgan fingerprint density at radius 3 is 2.35 bits per heavy atom. The van der Waals surface area contributed by atoms with Crippen molar-refractivity contribution in [2.75, 3.05) is 7.11 Å². The summed E-state index contributed by atoms with van der Waals surface area (Å²) in [5, 5.41) is 3.41. The Labute approximate surface area is 153 Å². The lowest BCUT2D eigenvalue weighted by Gasteiger charge is -2.10. The monoisotopic (exact) mass is 351 g/mol. The van der Waals surface area contributed by atoms with Crippen LogP contribution in [0.1, 0.15) is 16.7 Å². The van der Waals surface area contributed by atoms with Crippen LogP contribution < -0.4 is 14.8 Å². The molecule has 134 valence electrons. The molecule has 26 heavy (non-hydrogen) atoms. The molecule has 0 fully saturated rings. The van der Waals surface area contributed by atoms with Crippen LogP contribution in [0.5, 0.6) is 11.5 Å². The van der Waals surface area contributed by atoms with Crippen molar-refractivity contribution >= 4 is 0 Å². The maximum absolute atomic E-state index is 13.6.